The van der Waals surface area contributed by atoms with Gasteiger partial charge in [0, 0.05) is 16.5 Å². The smallest absolute Gasteiger partial charge is 0.403 e. The van der Waals surface area contributed by atoms with Crippen molar-refractivity contribution in [2.45, 2.75) is 6.18 Å². The third-order valence-electron chi connectivity index (χ3n) is 3.06. The lowest BCUT2D eigenvalue weighted by Gasteiger charge is -2.05. The number of hydrogen-bond donors (Lipinski definition) is 1. The van der Waals surface area contributed by atoms with Crippen LogP contribution < -0.4 is 5.32 Å². The van der Waals surface area contributed by atoms with E-state index in [2.05, 4.69) is 15.5 Å². The van der Waals surface area contributed by atoms with E-state index in [0.29, 0.717) is 5.56 Å². The summed E-state index contributed by atoms with van der Waals surface area (Å²) in [6.45, 7) is 0. The van der Waals surface area contributed by atoms with Crippen LogP contribution in [0.2, 0.25) is 0 Å². The molecule has 0 radical (unpaired) electrons. The van der Waals surface area contributed by atoms with Crippen molar-refractivity contribution in [1.29, 1.82) is 0 Å². The van der Waals surface area contributed by atoms with Crippen LogP contribution in [0.15, 0.2) is 52.3 Å². The zero-order valence-electron chi connectivity index (χ0n) is 12.4. The molecule has 2 aromatic heterocycles. The summed E-state index contributed by atoms with van der Waals surface area (Å²) in [5.74, 6) is -0.456. The van der Waals surface area contributed by atoms with Crippen molar-refractivity contribution in [2.24, 2.45) is 0 Å². The predicted molar refractivity (Wildman–Crippen MR) is 86.7 cm³/mol. The van der Waals surface area contributed by atoms with Crippen LogP contribution in [0.4, 0.5) is 19.2 Å². The molecule has 25 heavy (non-hydrogen) atoms. The molecule has 2 heterocycles. The molecule has 3 aromatic rings. The summed E-state index contributed by atoms with van der Waals surface area (Å²) in [6.07, 6.45) is -1.47. The van der Waals surface area contributed by atoms with E-state index >= 15 is 0 Å². The van der Waals surface area contributed by atoms with Gasteiger partial charge in [0.05, 0.1) is 5.56 Å². The molecule has 3 rings (SSSR count). The Morgan fingerprint density at radius 1 is 1.16 bits per heavy atom. The molecule has 0 aliphatic rings. The number of aromatic nitrogens is 2. The number of nitrogens with zero attached hydrogens (tertiary/aromatic N) is 2. The highest BCUT2D eigenvalue weighted by atomic mass is 32.1. The molecule has 0 atom stereocenters. The fourth-order valence-electron chi connectivity index (χ4n) is 1.88. The van der Waals surface area contributed by atoms with Gasteiger partial charge in [-0.05, 0) is 41.8 Å². The summed E-state index contributed by atoms with van der Waals surface area (Å²) >= 11 is 1.48. The van der Waals surface area contributed by atoms with Gasteiger partial charge in [-0.25, -0.2) is 0 Å². The predicted octanol–water partition coefficient (Wildman–Crippen LogP) is 4.47. The fourth-order valence-corrected chi connectivity index (χ4v) is 2.50. The zero-order chi connectivity index (χ0) is 17.9. The number of alkyl halides is 3. The topological polar surface area (TPSA) is 68.0 Å². The third-order valence-corrected chi connectivity index (χ3v) is 3.89. The Balaban J connectivity index is 1.67. The molecule has 1 amide bonds. The number of benzene rings is 1. The number of carbonyl (C=O) groups is 1. The normalized spacial score (nSPS) is 11.8. The van der Waals surface area contributed by atoms with E-state index in [1.54, 1.807) is 6.08 Å². The van der Waals surface area contributed by atoms with Gasteiger partial charge >= 0.3 is 12.2 Å². The van der Waals surface area contributed by atoms with Gasteiger partial charge in [-0.3, -0.25) is 10.1 Å². The SMILES string of the molecule is O=C(/C=C/c1cccs1)Nc1nnc(-c2ccc(C(F)(F)F)cc2)o1. The van der Waals surface area contributed by atoms with E-state index < -0.39 is 17.6 Å². The minimum atomic E-state index is -4.42. The Kier molecular flexibility index (Phi) is 4.66. The third kappa shape index (κ3) is 4.32. The molecular weight excluding hydrogens is 355 g/mol. The quantitative estimate of drug-likeness (QED) is 0.693. The van der Waals surface area contributed by atoms with Gasteiger partial charge in [-0.15, -0.1) is 16.4 Å². The highest BCUT2D eigenvalue weighted by molar-refractivity contribution is 7.10. The Hall–Kier alpha value is -2.94. The van der Waals surface area contributed by atoms with Gasteiger partial charge in [0.25, 0.3) is 5.91 Å². The van der Waals surface area contributed by atoms with Gasteiger partial charge in [-0.1, -0.05) is 11.2 Å². The highest BCUT2D eigenvalue weighted by Crippen LogP contribution is 2.30. The first-order valence-electron chi connectivity index (χ1n) is 6.95. The van der Waals surface area contributed by atoms with Crippen molar-refractivity contribution in [3.8, 4) is 11.5 Å². The maximum absolute atomic E-state index is 12.5. The molecule has 1 aromatic carbocycles. The lowest BCUT2D eigenvalue weighted by molar-refractivity contribution is -0.137. The fraction of sp³-hybridized carbons (Fsp3) is 0.0625. The second-order valence-corrected chi connectivity index (χ2v) is 5.80. The van der Waals surface area contributed by atoms with Crippen LogP contribution in [0, 0.1) is 0 Å². The van der Waals surface area contributed by atoms with E-state index in [4.69, 9.17) is 4.42 Å². The van der Waals surface area contributed by atoms with Crippen LogP contribution in [-0.4, -0.2) is 16.1 Å². The van der Waals surface area contributed by atoms with Crippen molar-refractivity contribution in [1.82, 2.24) is 10.2 Å². The van der Waals surface area contributed by atoms with Crippen molar-refractivity contribution in [3.63, 3.8) is 0 Å². The number of hydrogen-bond acceptors (Lipinski definition) is 5. The van der Waals surface area contributed by atoms with E-state index in [9.17, 15) is 18.0 Å². The van der Waals surface area contributed by atoms with Crippen LogP contribution in [0.25, 0.3) is 17.5 Å². The molecule has 0 fully saturated rings. The van der Waals surface area contributed by atoms with Crippen molar-refractivity contribution in [3.05, 3.63) is 58.3 Å². The Labute approximate surface area is 143 Å². The largest absolute Gasteiger partial charge is 0.416 e. The number of nitrogens with one attached hydrogen (secondary N) is 1. The minimum absolute atomic E-state index is 0.00580. The number of thiophene rings is 1. The Bertz CT molecular complexity index is 884. The van der Waals surface area contributed by atoms with Crippen LogP contribution >= 0.6 is 11.3 Å². The molecule has 5 nitrogen and oxygen atoms in total. The summed E-state index contributed by atoms with van der Waals surface area (Å²) in [5, 5.41) is 11.6. The van der Waals surface area contributed by atoms with E-state index in [1.807, 2.05) is 17.5 Å². The number of anilines is 1. The number of halogens is 3. The van der Waals surface area contributed by atoms with Crippen LogP contribution in [0.5, 0.6) is 0 Å². The maximum atomic E-state index is 12.5. The molecule has 0 unspecified atom stereocenters. The van der Waals surface area contributed by atoms with Gasteiger partial charge < -0.3 is 4.42 Å². The minimum Gasteiger partial charge on any atom is -0.403 e. The number of carbonyl (C=O) groups excluding carboxylic acids is 1. The average Bonchev–Trinajstić information content (AvgIpc) is 3.24. The summed E-state index contributed by atoms with van der Waals surface area (Å²) in [7, 11) is 0. The molecule has 0 saturated heterocycles. The summed E-state index contributed by atoms with van der Waals surface area (Å²) in [4.78, 5) is 12.7. The second-order valence-electron chi connectivity index (χ2n) is 4.83. The van der Waals surface area contributed by atoms with Crippen molar-refractivity contribution >= 4 is 29.3 Å². The molecule has 0 aliphatic heterocycles. The molecule has 0 bridgehead atoms. The maximum Gasteiger partial charge on any atom is 0.416 e. The van der Waals surface area contributed by atoms with Crippen LogP contribution in [-0.2, 0) is 11.0 Å². The highest BCUT2D eigenvalue weighted by Gasteiger charge is 2.30. The van der Waals surface area contributed by atoms with E-state index in [0.717, 1.165) is 17.0 Å². The van der Waals surface area contributed by atoms with Gasteiger partial charge in [0.2, 0.25) is 5.89 Å². The lowest BCUT2D eigenvalue weighted by Crippen LogP contribution is -2.07. The standard InChI is InChI=1S/C16H10F3N3O2S/c17-16(18,19)11-5-3-10(4-6-11)14-21-22-15(24-14)20-13(23)8-7-12-2-1-9-25-12/h1-9H,(H,20,22,23)/b8-7+. The lowest BCUT2D eigenvalue weighted by atomic mass is 10.1. The van der Waals surface area contributed by atoms with E-state index in [1.165, 1.54) is 29.5 Å². The monoisotopic (exact) mass is 365 g/mol. The zero-order valence-corrected chi connectivity index (χ0v) is 13.3. The Morgan fingerprint density at radius 2 is 1.92 bits per heavy atom. The first-order chi connectivity index (χ1) is 11.9. The Morgan fingerprint density at radius 3 is 2.56 bits per heavy atom. The molecule has 9 heteroatoms. The number of amides is 1. The van der Waals surface area contributed by atoms with Crippen LogP contribution in [0.3, 0.4) is 0 Å². The van der Waals surface area contributed by atoms with Crippen molar-refractivity contribution in [2.75, 3.05) is 5.32 Å². The van der Waals surface area contributed by atoms with Gasteiger partial charge in [0.1, 0.15) is 0 Å². The molecule has 0 aliphatic carbocycles. The second kappa shape index (κ2) is 6.89. The van der Waals surface area contributed by atoms with E-state index in [-0.39, 0.29) is 11.9 Å². The molecular formula is C16H10F3N3O2S. The molecule has 0 saturated carbocycles. The molecule has 0 spiro atoms. The summed E-state index contributed by atoms with van der Waals surface area (Å²) in [6, 6.07) is 7.84. The first-order valence-corrected chi connectivity index (χ1v) is 7.83. The van der Waals surface area contributed by atoms with Gasteiger partial charge in [0.15, 0.2) is 0 Å². The first kappa shape index (κ1) is 16.9. The molecule has 1 N–H and O–H groups in total. The van der Waals surface area contributed by atoms with Crippen molar-refractivity contribution < 1.29 is 22.4 Å². The molecule has 128 valence electrons. The summed E-state index contributed by atoms with van der Waals surface area (Å²) < 4.78 is 42.9. The van der Waals surface area contributed by atoms with Gasteiger partial charge in [-0.2, -0.15) is 13.2 Å². The number of rotatable bonds is 4. The van der Waals surface area contributed by atoms with Crippen LogP contribution in [0.1, 0.15) is 10.4 Å². The average molecular weight is 365 g/mol. The summed E-state index contributed by atoms with van der Waals surface area (Å²) in [5.41, 5.74) is -0.460.